The molecular weight excluding hydrogens is 243 g/mol. The third-order valence-corrected chi connectivity index (χ3v) is 2.73. The minimum absolute atomic E-state index is 0.487. The zero-order valence-electron chi connectivity index (χ0n) is 8.53. The Labute approximate surface area is 104 Å². The van der Waals surface area contributed by atoms with Gasteiger partial charge in [-0.2, -0.15) is 0 Å². The molecule has 16 heavy (non-hydrogen) atoms. The Morgan fingerprint density at radius 3 is 2.38 bits per heavy atom. The van der Waals surface area contributed by atoms with Crippen LogP contribution in [0.4, 0.5) is 0 Å². The highest BCUT2D eigenvalue weighted by atomic mass is 35.5. The molecular formula is C12H10Cl2N2. The lowest BCUT2D eigenvalue weighted by molar-refractivity contribution is 0.900. The molecule has 0 aliphatic carbocycles. The molecule has 1 aromatic heterocycles. The topological polar surface area (TPSA) is 25.8 Å². The van der Waals surface area contributed by atoms with Crippen LogP contribution >= 0.6 is 23.2 Å². The van der Waals surface area contributed by atoms with E-state index in [1.165, 1.54) is 11.9 Å². The second-order valence-corrected chi connectivity index (χ2v) is 4.28. The third kappa shape index (κ3) is 3.19. The van der Waals surface area contributed by atoms with Gasteiger partial charge in [0.05, 0.1) is 0 Å². The summed E-state index contributed by atoms with van der Waals surface area (Å²) in [7, 11) is 0. The fourth-order valence-electron chi connectivity index (χ4n) is 1.43. The van der Waals surface area contributed by atoms with Gasteiger partial charge in [0.1, 0.15) is 11.5 Å². The zero-order chi connectivity index (χ0) is 11.4. The third-order valence-electron chi connectivity index (χ3n) is 2.27. The van der Waals surface area contributed by atoms with Crippen LogP contribution in [0.25, 0.3) is 0 Å². The van der Waals surface area contributed by atoms with E-state index in [2.05, 4.69) is 9.97 Å². The molecule has 0 unspecified atom stereocenters. The van der Waals surface area contributed by atoms with Gasteiger partial charge < -0.3 is 0 Å². The molecule has 1 heterocycles. The summed E-state index contributed by atoms with van der Waals surface area (Å²) < 4.78 is 0. The summed E-state index contributed by atoms with van der Waals surface area (Å²) in [6.07, 6.45) is 3.26. The van der Waals surface area contributed by atoms with E-state index < -0.39 is 0 Å². The van der Waals surface area contributed by atoms with Gasteiger partial charge in [-0.1, -0.05) is 35.3 Å². The average Bonchev–Trinajstić information content (AvgIpc) is 2.28. The number of rotatable bonds is 3. The Bertz CT molecular complexity index is 469. The molecule has 0 bridgehead atoms. The predicted molar refractivity (Wildman–Crippen MR) is 65.9 cm³/mol. The van der Waals surface area contributed by atoms with E-state index in [4.69, 9.17) is 23.2 Å². The van der Waals surface area contributed by atoms with E-state index >= 15 is 0 Å². The Morgan fingerprint density at radius 1 is 0.938 bits per heavy atom. The first kappa shape index (κ1) is 11.4. The Hall–Kier alpha value is -1.12. The first-order valence-electron chi connectivity index (χ1n) is 4.95. The number of hydrogen-bond donors (Lipinski definition) is 0. The molecule has 0 spiro atoms. The summed E-state index contributed by atoms with van der Waals surface area (Å²) in [5.41, 5.74) is 2.19. The highest BCUT2D eigenvalue weighted by molar-refractivity contribution is 6.30. The van der Waals surface area contributed by atoms with Crippen LogP contribution in [0.2, 0.25) is 10.2 Å². The van der Waals surface area contributed by atoms with E-state index in [1.807, 2.05) is 24.3 Å². The van der Waals surface area contributed by atoms with Crippen LogP contribution in [0, 0.1) is 0 Å². The van der Waals surface area contributed by atoms with Gasteiger partial charge in [0.2, 0.25) is 0 Å². The van der Waals surface area contributed by atoms with Gasteiger partial charge in [0.15, 0.2) is 0 Å². The van der Waals surface area contributed by atoms with Crippen LogP contribution in [0.5, 0.6) is 0 Å². The van der Waals surface area contributed by atoms with Crippen LogP contribution in [0.15, 0.2) is 36.7 Å². The second kappa shape index (κ2) is 5.28. The minimum Gasteiger partial charge on any atom is -0.241 e. The first-order valence-corrected chi connectivity index (χ1v) is 5.70. The number of benzene rings is 1. The molecule has 2 nitrogen and oxygen atoms in total. The van der Waals surface area contributed by atoms with Crippen molar-refractivity contribution in [3.63, 3.8) is 0 Å². The Morgan fingerprint density at radius 2 is 1.69 bits per heavy atom. The normalized spacial score (nSPS) is 10.4. The predicted octanol–water partition coefficient (Wildman–Crippen LogP) is 3.57. The fourth-order valence-corrected chi connectivity index (χ4v) is 1.73. The summed E-state index contributed by atoms with van der Waals surface area (Å²) in [4.78, 5) is 7.99. The lowest BCUT2D eigenvalue weighted by Crippen LogP contribution is -1.95. The van der Waals surface area contributed by atoms with Gasteiger partial charge in [-0.15, -0.1) is 0 Å². The molecule has 0 amide bonds. The molecule has 0 atom stereocenters. The van der Waals surface area contributed by atoms with Crippen molar-refractivity contribution >= 4 is 23.2 Å². The van der Waals surface area contributed by atoms with Crippen molar-refractivity contribution in [1.29, 1.82) is 0 Å². The highest BCUT2D eigenvalue weighted by Crippen LogP contribution is 2.12. The summed E-state index contributed by atoms with van der Waals surface area (Å²) in [5, 5.41) is 1.25. The van der Waals surface area contributed by atoms with E-state index in [-0.39, 0.29) is 0 Å². The van der Waals surface area contributed by atoms with Crippen LogP contribution in [-0.2, 0) is 12.8 Å². The Kier molecular flexibility index (Phi) is 3.75. The first-order chi connectivity index (χ1) is 7.74. The maximum Gasteiger partial charge on any atom is 0.132 e. The number of aromatic nitrogens is 2. The highest BCUT2D eigenvalue weighted by Gasteiger charge is 1.98. The number of halogens is 2. The van der Waals surface area contributed by atoms with Crippen molar-refractivity contribution in [2.24, 2.45) is 0 Å². The van der Waals surface area contributed by atoms with Crippen LogP contribution in [0.1, 0.15) is 11.3 Å². The fraction of sp³-hybridized carbons (Fsp3) is 0.167. The lowest BCUT2D eigenvalue weighted by atomic mass is 10.1. The number of aryl methyl sites for hydroxylation is 2. The van der Waals surface area contributed by atoms with Gasteiger partial charge in [-0.25, -0.2) is 9.97 Å². The quantitative estimate of drug-likeness (QED) is 0.781. The van der Waals surface area contributed by atoms with Crippen molar-refractivity contribution < 1.29 is 0 Å². The molecule has 1 aromatic carbocycles. The van der Waals surface area contributed by atoms with E-state index in [1.54, 1.807) is 6.07 Å². The molecule has 0 aliphatic heterocycles. The van der Waals surface area contributed by atoms with Gasteiger partial charge in [0.25, 0.3) is 0 Å². The maximum atomic E-state index is 5.81. The van der Waals surface area contributed by atoms with Crippen molar-refractivity contribution in [2.75, 3.05) is 0 Å². The van der Waals surface area contributed by atoms with Crippen molar-refractivity contribution in [3.05, 3.63) is 58.1 Å². The molecule has 0 radical (unpaired) electrons. The summed E-state index contributed by atoms with van der Waals surface area (Å²) in [6, 6.07) is 9.61. The van der Waals surface area contributed by atoms with Gasteiger partial charge in [-0.3, -0.25) is 0 Å². The molecule has 2 aromatic rings. The molecule has 4 heteroatoms. The van der Waals surface area contributed by atoms with Crippen molar-refractivity contribution in [2.45, 2.75) is 12.8 Å². The zero-order valence-corrected chi connectivity index (χ0v) is 10.0. The van der Waals surface area contributed by atoms with E-state index in [9.17, 15) is 0 Å². The number of nitrogens with zero attached hydrogens (tertiary/aromatic N) is 2. The standard InChI is InChI=1S/C12H10Cl2N2/c13-10-4-1-9(2-5-10)3-6-11-7-12(14)16-8-15-11/h1-2,4-5,7-8H,3,6H2. The minimum atomic E-state index is 0.487. The largest absolute Gasteiger partial charge is 0.241 e. The monoisotopic (exact) mass is 252 g/mol. The maximum absolute atomic E-state index is 5.81. The van der Waals surface area contributed by atoms with Crippen LogP contribution in [-0.4, -0.2) is 9.97 Å². The van der Waals surface area contributed by atoms with Crippen LogP contribution < -0.4 is 0 Å². The van der Waals surface area contributed by atoms with Crippen molar-refractivity contribution in [1.82, 2.24) is 9.97 Å². The molecule has 82 valence electrons. The SMILES string of the molecule is Clc1ccc(CCc2cc(Cl)ncn2)cc1. The van der Waals surface area contributed by atoms with Crippen molar-refractivity contribution in [3.8, 4) is 0 Å². The Balaban J connectivity index is 1.99. The average molecular weight is 253 g/mol. The van der Waals surface area contributed by atoms with Crippen LogP contribution in [0.3, 0.4) is 0 Å². The lowest BCUT2D eigenvalue weighted by Gasteiger charge is -2.01. The summed E-state index contributed by atoms with van der Waals surface area (Å²) in [5.74, 6) is 0. The van der Waals surface area contributed by atoms with E-state index in [0.29, 0.717) is 5.15 Å². The molecule has 0 N–H and O–H groups in total. The van der Waals surface area contributed by atoms with Gasteiger partial charge >= 0.3 is 0 Å². The van der Waals surface area contributed by atoms with Gasteiger partial charge in [-0.05, 0) is 36.6 Å². The number of hydrogen-bond acceptors (Lipinski definition) is 2. The molecule has 2 rings (SSSR count). The molecule has 0 saturated heterocycles. The second-order valence-electron chi connectivity index (χ2n) is 3.46. The summed E-state index contributed by atoms with van der Waals surface area (Å²) in [6.45, 7) is 0. The molecule has 0 fully saturated rings. The summed E-state index contributed by atoms with van der Waals surface area (Å²) >= 11 is 11.6. The van der Waals surface area contributed by atoms with E-state index in [0.717, 1.165) is 23.6 Å². The smallest absolute Gasteiger partial charge is 0.132 e. The molecule has 0 saturated carbocycles. The molecule has 0 aliphatic rings. The van der Waals surface area contributed by atoms with Gasteiger partial charge in [0, 0.05) is 10.7 Å².